The van der Waals surface area contributed by atoms with Crippen LogP contribution in [0.15, 0.2) is 18.2 Å². The van der Waals surface area contributed by atoms with E-state index in [9.17, 15) is 14.7 Å². The maximum Gasteiger partial charge on any atom is 0.254 e. The second kappa shape index (κ2) is 7.66. The number of rotatable bonds is 4. The molecule has 3 rings (SSSR count). The number of nitrogens with zero attached hydrogens (tertiary/aromatic N) is 2. The summed E-state index contributed by atoms with van der Waals surface area (Å²) in [6, 6.07) is 5.06. The summed E-state index contributed by atoms with van der Waals surface area (Å²) in [6.45, 7) is 4.56. The van der Waals surface area contributed by atoms with Crippen molar-refractivity contribution in [2.45, 2.75) is 39.0 Å². The van der Waals surface area contributed by atoms with Crippen LogP contribution in [-0.2, 0) is 4.79 Å². The van der Waals surface area contributed by atoms with Crippen molar-refractivity contribution in [1.82, 2.24) is 9.80 Å². The van der Waals surface area contributed by atoms with Gasteiger partial charge >= 0.3 is 0 Å². The third-order valence-corrected chi connectivity index (χ3v) is 5.98. The normalized spacial score (nSPS) is 19.8. The molecule has 0 bridgehead atoms. The minimum Gasteiger partial charge on any atom is -0.508 e. The first-order chi connectivity index (χ1) is 12.5. The van der Waals surface area contributed by atoms with E-state index in [4.69, 9.17) is 5.11 Å². The van der Waals surface area contributed by atoms with Crippen LogP contribution in [0.25, 0.3) is 0 Å². The topological polar surface area (TPSA) is 81.1 Å². The summed E-state index contributed by atoms with van der Waals surface area (Å²) in [7, 11) is 0. The van der Waals surface area contributed by atoms with Crippen molar-refractivity contribution in [3.05, 3.63) is 29.3 Å². The zero-order chi connectivity index (χ0) is 18.7. The molecule has 1 spiro atoms. The number of benzene rings is 1. The molecule has 6 nitrogen and oxygen atoms in total. The third kappa shape index (κ3) is 3.70. The Hall–Kier alpha value is -2.08. The van der Waals surface area contributed by atoms with Crippen LogP contribution in [0.3, 0.4) is 0 Å². The van der Waals surface area contributed by atoms with Crippen LogP contribution in [0.4, 0.5) is 0 Å². The van der Waals surface area contributed by atoms with E-state index in [1.807, 2.05) is 9.80 Å². The van der Waals surface area contributed by atoms with Crippen LogP contribution in [0.2, 0.25) is 0 Å². The molecule has 0 radical (unpaired) electrons. The summed E-state index contributed by atoms with van der Waals surface area (Å²) in [5.74, 6) is 0.296. The summed E-state index contributed by atoms with van der Waals surface area (Å²) < 4.78 is 0. The molecule has 0 unspecified atom stereocenters. The number of carbonyl (C=O) groups excluding carboxylic acids is 2. The number of phenolic OH excluding ortho intramolecular Hbond substituents is 1. The lowest BCUT2D eigenvalue weighted by atomic mass is 9.72. The fraction of sp³-hybridized carbons (Fsp3) is 0.600. The standard InChI is InChI=1S/C20H28N2O4/c1-15-16(4-2-5-17(15)24)19(26)21-11-8-20(9-12-21)7-6-18(25)22(14-20)10-3-13-23/h2,4-5,23-24H,3,6-14H2,1H3. The summed E-state index contributed by atoms with van der Waals surface area (Å²) >= 11 is 0. The van der Waals surface area contributed by atoms with Gasteiger partial charge in [-0.15, -0.1) is 0 Å². The highest BCUT2D eigenvalue weighted by molar-refractivity contribution is 5.96. The Kier molecular flexibility index (Phi) is 5.51. The molecule has 2 saturated heterocycles. The number of aliphatic hydroxyl groups is 1. The van der Waals surface area contributed by atoms with Gasteiger partial charge in [0.15, 0.2) is 0 Å². The molecule has 1 aromatic rings. The number of likely N-dealkylation sites (tertiary alicyclic amines) is 2. The lowest BCUT2D eigenvalue weighted by Gasteiger charge is -2.47. The van der Waals surface area contributed by atoms with E-state index in [0.29, 0.717) is 43.6 Å². The van der Waals surface area contributed by atoms with E-state index >= 15 is 0 Å². The molecule has 2 aliphatic rings. The smallest absolute Gasteiger partial charge is 0.254 e. The Morgan fingerprint density at radius 1 is 1.23 bits per heavy atom. The lowest BCUT2D eigenvalue weighted by molar-refractivity contribution is -0.139. The Balaban J connectivity index is 1.64. The van der Waals surface area contributed by atoms with Gasteiger partial charge in [0.05, 0.1) is 0 Å². The molecule has 26 heavy (non-hydrogen) atoms. The molecule has 2 fully saturated rings. The van der Waals surface area contributed by atoms with Crippen LogP contribution in [0, 0.1) is 12.3 Å². The minimum absolute atomic E-state index is 0.0303. The molecule has 0 aliphatic carbocycles. The number of hydrogen-bond donors (Lipinski definition) is 2. The van der Waals surface area contributed by atoms with E-state index in [0.717, 1.165) is 25.8 Å². The van der Waals surface area contributed by atoms with E-state index in [-0.39, 0.29) is 29.6 Å². The molecule has 2 aliphatic heterocycles. The Bertz CT molecular complexity index is 680. The summed E-state index contributed by atoms with van der Waals surface area (Å²) in [4.78, 5) is 28.7. The van der Waals surface area contributed by atoms with Gasteiger partial charge in [0.1, 0.15) is 5.75 Å². The first kappa shape index (κ1) is 18.7. The van der Waals surface area contributed by atoms with Gasteiger partial charge in [0.25, 0.3) is 5.91 Å². The summed E-state index contributed by atoms with van der Waals surface area (Å²) in [5, 5.41) is 18.9. The molecule has 2 amide bonds. The third-order valence-electron chi connectivity index (χ3n) is 5.98. The van der Waals surface area contributed by atoms with Gasteiger partial charge in [-0.05, 0) is 50.2 Å². The average molecular weight is 360 g/mol. The van der Waals surface area contributed by atoms with Crippen molar-refractivity contribution in [3.8, 4) is 5.75 Å². The fourth-order valence-electron chi connectivity index (χ4n) is 4.19. The fourth-order valence-corrected chi connectivity index (χ4v) is 4.19. The highest BCUT2D eigenvalue weighted by Gasteiger charge is 2.41. The van der Waals surface area contributed by atoms with E-state index < -0.39 is 0 Å². The molecule has 0 aromatic heterocycles. The molecule has 2 N–H and O–H groups in total. The van der Waals surface area contributed by atoms with E-state index in [1.54, 1.807) is 25.1 Å². The quantitative estimate of drug-likeness (QED) is 0.860. The van der Waals surface area contributed by atoms with Crippen LogP contribution in [0.5, 0.6) is 5.75 Å². The van der Waals surface area contributed by atoms with Gasteiger partial charge < -0.3 is 20.0 Å². The number of phenols is 1. The number of piperidine rings is 2. The highest BCUT2D eigenvalue weighted by atomic mass is 16.3. The van der Waals surface area contributed by atoms with Crippen LogP contribution >= 0.6 is 0 Å². The zero-order valence-electron chi connectivity index (χ0n) is 15.4. The lowest BCUT2D eigenvalue weighted by Crippen LogP contribution is -2.52. The second-order valence-corrected chi connectivity index (χ2v) is 7.63. The van der Waals surface area contributed by atoms with Gasteiger partial charge in [0.2, 0.25) is 5.91 Å². The number of hydrogen-bond acceptors (Lipinski definition) is 4. The number of carbonyl (C=O) groups is 2. The van der Waals surface area contributed by atoms with Crippen LogP contribution in [0.1, 0.15) is 48.0 Å². The van der Waals surface area contributed by atoms with Gasteiger partial charge in [-0.3, -0.25) is 9.59 Å². The Morgan fingerprint density at radius 3 is 2.65 bits per heavy atom. The van der Waals surface area contributed by atoms with Gasteiger partial charge in [-0.1, -0.05) is 6.07 Å². The molecule has 142 valence electrons. The van der Waals surface area contributed by atoms with E-state index in [2.05, 4.69) is 0 Å². The van der Waals surface area contributed by atoms with Crippen LogP contribution in [-0.4, -0.2) is 64.6 Å². The van der Waals surface area contributed by atoms with E-state index in [1.165, 1.54) is 0 Å². The van der Waals surface area contributed by atoms with Crippen molar-refractivity contribution >= 4 is 11.8 Å². The Morgan fingerprint density at radius 2 is 1.96 bits per heavy atom. The maximum atomic E-state index is 12.8. The molecule has 0 saturated carbocycles. The SMILES string of the molecule is Cc1c(O)cccc1C(=O)N1CCC2(CCC(=O)N(CCCO)C2)CC1. The number of amides is 2. The van der Waals surface area contributed by atoms with Gasteiger partial charge in [-0.2, -0.15) is 0 Å². The summed E-state index contributed by atoms with van der Waals surface area (Å²) in [6.07, 6.45) is 3.84. The first-order valence-electron chi connectivity index (χ1n) is 9.42. The number of aliphatic hydroxyl groups excluding tert-OH is 1. The summed E-state index contributed by atoms with van der Waals surface area (Å²) in [5.41, 5.74) is 1.27. The van der Waals surface area contributed by atoms with Crippen molar-refractivity contribution in [3.63, 3.8) is 0 Å². The van der Waals surface area contributed by atoms with Crippen molar-refractivity contribution in [2.24, 2.45) is 5.41 Å². The minimum atomic E-state index is -0.0303. The monoisotopic (exact) mass is 360 g/mol. The van der Waals surface area contributed by atoms with Crippen LogP contribution < -0.4 is 0 Å². The van der Waals surface area contributed by atoms with Crippen molar-refractivity contribution < 1.29 is 19.8 Å². The molecule has 1 aromatic carbocycles. The predicted molar refractivity (Wildman–Crippen MR) is 97.9 cm³/mol. The largest absolute Gasteiger partial charge is 0.508 e. The van der Waals surface area contributed by atoms with Crippen molar-refractivity contribution in [1.29, 1.82) is 0 Å². The van der Waals surface area contributed by atoms with Gasteiger partial charge in [-0.25, -0.2) is 0 Å². The number of aromatic hydroxyl groups is 1. The second-order valence-electron chi connectivity index (χ2n) is 7.63. The molecule has 0 atom stereocenters. The molecular formula is C20H28N2O4. The van der Waals surface area contributed by atoms with Gasteiger partial charge in [0, 0.05) is 50.3 Å². The van der Waals surface area contributed by atoms with Crippen molar-refractivity contribution in [2.75, 3.05) is 32.8 Å². The molecule has 2 heterocycles. The zero-order valence-corrected chi connectivity index (χ0v) is 15.4. The first-order valence-corrected chi connectivity index (χ1v) is 9.42. The average Bonchev–Trinajstić information content (AvgIpc) is 2.65. The molecule has 6 heteroatoms. The molecular weight excluding hydrogens is 332 g/mol. The predicted octanol–water partition coefficient (Wildman–Crippen LogP) is 1.93. The highest BCUT2D eigenvalue weighted by Crippen LogP contribution is 2.40. The maximum absolute atomic E-state index is 12.8. The Labute approximate surface area is 154 Å².